The van der Waals surface area contributed by atoms with E-state index in [0.29, 0.717) is 5.69 Å². The van der Waals surface area contributed by atoms with Gasteiger partial charge in [-0.15, -0.1) is 0 Å². The summed E-state index contributed by atoms with van der Waals surface area (Å²) in [4.78, 5) is 3.30. The van der Waals surface area contributed by atoms with Gasteiger partial charge in [-0.3, -0.25) is 4.98 Å². The van der Waals surface area contributed by atoms with Gasteiger partial charge in [0.2, 0.25) is 0 Å². The van der Waals surface area contributed by atoms with Crippen molar-refractivity contribution in [3.8, 4) is 5.69 Å². The Hall–Kier alpha value is -1.12. The topological polar surface area (TPSA) is 30.7 Å². The maximum absolute atomic E-state index is 12.5. The fourth-order valence-electron chi connectivity index (χ4n) is 1.40. The lowest BCUT2D eigenvalue weighted by Crippen LogP contribution is -2.09. The lowest BCUT2D eigenvalue weighted by atomic mass is 10.3. The van der Waals surface area contributed by atoms with Crippen LogP contribution in [0.2, 0.25) is 0 Å². The molecule has 2 aromatic heterocycles. The van der Waals surface area contributed by atoms with Gasteiger partial charge in [0.25, 0.3) is 0 Å². The lowest BCUT2D eigenvalue weighted by Gasteiger charge is -2.08. The Morgan fingerprint density at radius 3 is 2.53 bits per heavy atom. The van der Waals surface area contributed by atoms with Crippen LogP contribution in [0.25, 0.3) is 5.69 Å². The zero-order chi connectivity index (χ0) is 12.6. The molecule has 0 aliphatic heterocycles. The van der Waals surface area contributed by atoms with Crippen LogP contribution in [0.5, 0.6) is 0 Å². The number of halogens is 4. The van der Waals surface area contributed by atoms with E-state index in [9.17, 15) is 13.2 Å². The van der Waals surface area contributed by atoms with E-state index >= 15 is 0 Å². The average Bonchev–Trinajstić information content (AvgIpc) is 2.57. The molecule has 0 aromatic carbocycles. The summed E-state index contributed by atoms with van der Waals surface area (Å²) in [5.74, 6) is 0. The molecule has 0 aliphatic rings. The quantitative estimate of drug-likeness (QED) is 0.738. The van der Waals surface area contributed by atoms with Crippen molar-refractivity contribution >= 4 is 22.6 Å². The second kappa shape index (κ2) is 4.28. The molecule has 0 saturated heterocycles. The van der Waals surface area contributed by atoms with Crippen LogP contribution in [0.3, 0.4) is 0 Å². The smallest absolute Gasteiger partial charge is 0.252 e. The first kappa shape index (κ1) is 12.3. The molecule has 0 bridgehead atoms. The Labute approximate surface area is 109 Å². The first-order valence-electron chi connectivity index (χ1n) is 4.64. The highest BCUT2D eigenvalue weighted by Crippen LogP contribution is 2.28. The fraction of sp³-hybridized carbons (Fsp3) is 0.200. The predicted octanol–water partition coefficient (Wildman–Crippen LogP) is 3.20. The summed E-state index contributed by atoms with van der Waals surface area (Å²) < 4.78 is 39.7. The van der Waals surface area contributed by atoms with E-state index in [-0.39, 0.29) is 0 Å². The maximum atomic E-state index is 12.5. The van der Waals surface area contributed by atoms with Crippen molar-refractivity contribution in [2.45, 2.75) is 13.1 Å². The average molecular weight is 353 g/mol. The van der Waals surface area contributed by atoms with Gasteiger partial charge < -0.3 is 0 Å². The van der Waals surface area contributed by atoms with E-state index in [2.05, 4.69) is 10.1 Å². The van der Waals surface area contributed by atoms with Gasteiger partial charge in [0.15, 0.2) is 0 Å². The normalized spacial score (nSPS) is 11.8. The molecule has 0 unspecified atom stereocenters. The van der Waals surface area contributed by atoms with Gasteiger partial charge in [0.1, 0.15) is 9.39 Å². The van der Waals surface area contributed by atoms with Crippen LogP contribution in [0, 0.1) is 10.6 Å². The highest BCUT2D eigenvalue weighted by Gasteiger charge is 2.32. The van der Waals surface area contributed by atoms with E-state index in [1.807, 2.05) is 22.6 Å². The summed E-state index contributed by atoms with van der Waals surface area (Å²) in [6.45, 7) is 1.78. The Morgan fingerprint density at radius 1 is 1.29 bits per heavy atom. The van der Waals surface area contributed by atoms with Gasteiger partial charge in [0, 0.05) is 11.9 Å². The second-order valence-corrected chi connectivity index (χ2v) is 4.52. The molecule has 2 aromatic rings. The molecule has 0 saturated carbocycles. The molecule has 0 aliphatic carbocycles. The fourth-order valence-corrected chi connectivity index (χ4v) is 2.07. The highest BCUT2D eigenvalue weighted by molar-refractivity contribution is 14.1. The van der Waals surface area contributed by atoms with Crippen LogP contribution in [0.4, 0.5) is 13.2 Å². The zero-order valence-corrected chi connectivity index (χ0v) is 10.8. The third-order valence-corrected chi connectivity index (χ3v) is 2.66. The monoisotopic (exact) mass is 353 g/mol. The first-order valence-corrected chi connectivity index (χ1v) is 5.71. The van der Waals surface area contributed by atoms with Gasteiger partial charge in [-0.25, -0.2) is 4.68 Å². The number of rotatable bonds is 1. The number of aryl methyl sites for hydroxylation is 1. The lowest BCUT2D eigenvalue weighted by molar-refractivity contribution is -0.141. The molecule has 0 fully saturated rings. The van der Waals surface area contributed by atoms with Crippen molar-refractivity contribution in [1.29, 1.82) is 0 Å². The Kier molecular flexibility index (Phi) is 3.11. The van der Waals surface area contributed by atoms with Crippen molar-refractivity contribution in [1.82, 2.24) is 14.8 Å². The Bertz CT molecular complexity index is 548. The third-order valence-electron chi connectivity index (χ3n) is 2.14. The molecule has 90 valence electrons. The van der Waals surface area contributed by atoms with Crippen LogP contribution >= 0.6 is 22.6 Å². The molecule has 0 N–H and O–H groups in total. The number of nitrogens with zero attached hydrogens (tertiary/aromatic N) is 3. The summed E-state index contributed by atoms with van der Waals surface area (Å²) in [5, 5.41) is 4.11. The first-order chi connectivity index (χ1) is 7.88. The minimum atomic E-state index is -4.44. The van der Waals surface area contributed by atoms with Crippen LogP contribution in [-0.2, 0) is 6.18 Å². The predicted molar refractivity (Wildman–Crippen MR) is 63.8 cm³/mol. The van der Waals surface area contributed by atoms with Crippen LogP contribution in [0.1, 0.15) is 11.4 Å². The number of hydrogen-bond acceptors (Lipinski definition) is 2. The minimum absolute atomic E-state index is 0.354. The number of alkyl halides is 3. The van der Waals surface area contributed by atoms with Crippen molar-refractivity contribution in [3.63, 3.8) is 0 Å². The molecule has 0 spiro atoms. The summed E-state index contributed by atoms with van der Waals surface area (Å²) in [6.07, 6.45) is -3.31. The van der Waals surface area contributed by atoms with Crippen LogP contribution in [0.15, 0.2) is 24.4 Å². The molecular formula is C10H7F3IN3. The molecule has 0 atom stereocenters. The van der Waals surface area contributed by atoms with Gasteiger partial charge in [-0.2, -0.15) is 18.3 Å². The minimum Gasteiger partial charge on any atom is -0.252 e. The molecular weight excluding hydrogens is 346 g/mol. The van der Waals surface area contributed by atoms with Crippen LogP contribution < -0.4 is 0 Å². The number of hydrogen-bond donors (Lipinski definition) is 0. The van der Waals surface area contributed by atoms with Gasteiger partial charge in [-0.05, 0) is 47.7 Å². The molecule has 2 rings (SSSR count). The molecule has 2 heterocycles. The number of aromatic nitrogens is 3. The molecule has 17 heavy (non-hydrogen) atoms. The number of pyridine rings is 1. The van der Waals surface area contributed by atoms with Gasteiger partial charge in [0.05, 0.1) is 5.69 Å². The third kappa shape index (κ3) is 2.59. The van der Waals surface area contributed by atoms with E-state index in [1.54, 1.807) is 13.0 Å². The Morgan fingerprint density at radius 2 is 2.00 bits per heavy atom. The standard InChI is InChI=1S/C10H7F3IN3/c1-6-4-9(14)16-17(6)7-2-3-15-8(5-7)10(11,12)13/h2-5H,1H3. The molecule has 0 amide bonds. The highest BCUT2D eigenvalue weighted by atomic mass is 127. The van der Waals surface area contributed by atoms with Crippen molar-refractivity contribution < 1.29 is 13.2 Å². The zero-order valence-electron chi connectivity index (χ0n) is 8.66. The summed E-state index contributed by atoms with van der Waals surface area (Å²) >= 11 is 2.01. The van der Waals surface area contributed by atoms with Crippen molar-refractivity contribution in [2.75, 3.05) is 0 Å². The maximum Gasteiger partial charge on any atom is 0.433 e. The summed E-state index contributed by atoms with van der Waals surface area (Å²) in [6, 6.07) is 4.26. The molecule has 3 nitrogen and oxygen atoms in total. The van der Waals surface area contributed by atoms with Gasteiger partial charge in [-0.1, -0.05) is 0 Å². The largest absolute Gasteiger partial charge is 0.433 e. The summed E-state index contributed by atoms with van der Waals surface area (Å²) in [7, 11) is 0. The van der Waals surface area contributed by atoms with Crippen molar-refractivity contribution in [2.24, 2.45) is 0 Å². The molecule has 0 radical (unpaired) electrons. The Balaban J connectivity index is 2.50. The van der Waals surface area contributed by atoms with E-state index < -0.39 is 11.9 Å². The van der Waals surface area contributed by atoms with Crippen molar-refractivity contribution in [3.05, 3.63) is 39.5 Å². The van der Waals surface area contributed by atoms with E-state index in [1.165, 1.54) is 10.7 Å². The van der Waals surface area contributed by atoms with Crippen LogP contribution in [-0.4, -0.2) is 14.8 Å². The van der Waals surface area contributed by atoms with E-state index in [4.69, 9.17) is 0 Å². The second-order valence-electron chi connectivity index (χ2n) is 3.42. The molecule has 7 heteroatoms. The van der Waals surface area contributed by atoms with E-state index in [0.717, 1.165) is 21.7 Å². The van der Waals surface area contributed by atoms with Gasteiger partial charge >= 0.3 is 6.18 Å². The summed E-state index contributed by atoms with van der Waals surface area (Å²) in [5.41, 5.74) is 0.210. The SMILES string of the molecule is Cc1cc(I)nn1-c1ccnc(C(F)(F)F)c1.